The third-order valence-corrected chi connectivity index (χ3v) is 2.32. The molecule has 0 aliphatic heterocycles. The Morgan fingerprint density at radius 1 is 1.29 bits per heavy atom. The van der Waals surface area contributed by atoms with E-state index in [2.05, 4.69) is 20.8 Å². The first-order chi connectivity index (χ1) is 6.32. The van der Waals surface area contributed by atoms with Crippen LogP contribution in [-0.2, 0) is 5.41 Å². The highest BCUT2D eigenvalue weighted by atomic mass is 16.4. The minimum absolute atomic E-state index is 0.0299. The summed E-state index contributed by atoms with van der Waals surface area (Å²) in [6, 6.07) is 5.48. The summed E-state index contributed by atoms with van der Waals surface area (Å²) in [5, 5.41) is 10.8. The summed E-state index contributed by atoms with van der Waals surface area (Å²) in [6.45, 7) is 7.93. The molecule has 0 bridgehead atoms. The van der Waals surface area contributed by atoms with Gasteiger partial charge in [0.15, 0.2) is 0 Å². The van der Waals surface area contributed by atoms with Crippen molar-refractivity contribution in [3.63, 3.8) is 0 Å². The van der Waals surface area contributed by atoms with Gasteiger partial charge in [-0.25, -0.2) is 0 Å². The Morgan fingerprint density at radius 3 is 2.29 bits per heavy atom. The average molecular weight is 191 g/mol. The Kier molecular flexibility index (Phi) is 2.65. The predicted molar refractivity (Wildman–Crippen MR) is 54.2 cm³/mol. The van der Waals surface area contributed by atoms with Gasteiger partial charge in [0, 0.05) is 5.56 Å². The molecule has 0 amide bonds. The highest BCUT2D eigenvalue weighted by Crippen LogP contribution is 2.24. The summed E-state index contributed by atoms with van der Waals surface area (Å²) in [7, 11) is 0. The minimum Gasteiger partial charge on any atom is -0.545 e. The monoisotopic (exact) mass is 191 g/mol. The number of hydrogen-bond donors (Lipinski definition) is 0. The fraction of sp³-hybridized carbons (Fsp3) is 0.417. The van der Waals surface area contributed by atoms with E-state index < -0.39 is 5.97 Å². The Labute approximate surface area is 84.6 Å². The molecule has 0 saturated heterocycles. The van der Waals surface area contributed by atoms with E-state index in [1.54, 1.807) is 13.0 Å². The first kappa shape index (κ1) is 10.8. The maximum absolute atomic E-state index is 10.8. The summed E-state index contributed by atoms with van der Waals surface area (Å²) >= 11 is 0. The molecule has 14 heavy (non-hydrogen) atoms. The molecule has 1 aromatic carbocycles. The standard InChI is InChI=1S/C12H16O2/c1-8-5-6-9(12(2,3)4)7-10(8)11(13)14/h5-7H,1-4H3,(H,13,14)/p-1. The number of carbonyl (C=O) groups is 1. The van der Waals surface area contributed by atoms with Crippen molar-refractivity contribution in [2.75, 3.05) is 0 Å². The average Bonchev–Trinajstić information content (AvgIpc) is 2.02. The van der Waals surface area contributed by atoms with Crippen molar-refractivity contribution >= 4 is 5.97 Å². The van der Waals surface area contributed by atoms with Crippen molar-refractivity contribution in [3.05, 3.63) is 34.9 Å². The lowest BCUT2D eigenvalue weighted by Gasteiger charge is -2.21. The molecule has 0 N–H and O–H groups in total. The van der Waals surface area contributed by atoms with E-state index in [1.165, 1.54) is 0 Å². The Hall–Kier alpha value is -1.31. The van der Waals surface area contributed by atoms with E-state index in [4.69, 9.17) is 0 Å². The third kappa shape index (κ3) is 2.13. The van der Waals surface area contributed by atoms with E-state index in [9.17, 15) is 9.90 Å². The van der Waals surface area contributed by atoms with Crippen LogP contribution in [0.5, 0.6) is 0 Å². The molecule has 0 aliphatic rings. The zero-order chi connectivity index (χ0) is 10.9. The summed E-state index contributed by atoms with van der Waals surface area (Å²) in [4.78, 5) is 10.8. The summed E-state index contributed by atoms with van der Waals surface area (Å²) in [6.07, 6.45) is 0. The second-order valence-electron chi connectivity index (χ2n) is 4.57. The molecule has 0 aromatic heterocycles. The number of aryl methyl sites for hydroxylation is 1. The molecule has 1 rings (SSSR count). The fourth-order valence-corrected chi connectivity index (χ4v) is 1.31. The lowest BCUT2D eigenvalue weighted by molar-refractivity contribution is -0.255. The van der Waals surface area contributed by atoms with Gasteiger partial charge in [0.05, 0.1) is 5.97 Å². The van der Waals surface area contributed by atoms with Crippen LogP contribution in [0.3, 0.4) is 0 Å². The van der Waals surface area contributed by atoms with E-state index in [0.29, 0.717) is 0 Å². The number of carboxylic acid groups (broad SMARTS) is 1. The Bertz CT molecular complexity index is 359. The zero-order valence-corrected chi connectivity index (χ0v) is 9.05. The molecule has 0 aliphatic carbocycles. The summed E-state index contributed by atoms with van der Waals surface area (Å²) in [5.74, 6) is -1.10. The van der Waals surface area contributed by atoms with Crippen molar-refractivity contribution in [2.45, 2.75) is 33.1 Å². The molecule has 0 heterocycles. The van der Waals surface area contributed by atoms with Gasteiger partial charge in [-0.3, -0.25) is 0 Å². The second-order valence-corrected chi connectivity index (χ2v) is 4.57. The number of benzene rings is 1. The number of rotatable bonds is 1. The van der Waals surface area contributed by atoms with Crippen molar-refractivity contribution in [3.8, 4) is 0 Å². The van der Waals surface area contributed by atoms with E-state index in [-0.39, 0.29) is 11.0 Å². The van der Waals surface area contributed by atoms with Crippen LogP contribution in [0.2, 0.25) is 0 Å². The van der Waals surface area contributed by atoms with Crippen LogP contribution in [0.1, 0.15) is 42.3 Å². The third-order valence-electron chi connectivity index (χ3n) is 2.32. The first-order valence-electron chi connectivity index (χ1n) is 4.65. The van der Waals surface area contributed by atoms with Gasteiger partial charge in [-0.2, -0.15) is 0 Å². The van der Waals surface area contributed by atoms with Gasteiger partial charge >= 0.3 is 0 Å². The van der Waals surface area contributed by atoms with Gasteiger partial charge in [-0.1, -0.05) is 32.9 Å². The SMILES string of the molecule is Cc1ccc(C(C)(C)C)cc1C(=O)[O-]. The van der Waals surface area contributed by atoms with Crippen molar-refractivity contribution < 1.29 is 9.90 Å². The molecule has 0 spiro atoms. The largest absolute Gasteiger partial charge is 0.545 e. The van der Waals surface area contributed by atoms with Crippen LogP contribution in [0.25, 0.3) is 0 Å². The summed E-state index contributed by atoms with van der Waals surface area (Å²) < 4.78 is 0. The van der Waals surface area contributed by atoms with E-state index in [0.717, 1.165) is 11.1 Å². The normalized spacial score (nSPS) is 11.4. The zero-order valence-electron chi connectivity index (χ0n) is 9.05. The van der Waals surface area contributed by atoms with Crippen LogP contribution < -0.4 is 5.11 Å². The Balaban J connectivity index is 3.27. The number of carbonyl (C=O) groups excluding carboxylic acids is 1. The highest BCUT2D eigenvalue weighted by Gasteiger charge is 2.14. The van der Waals surface area contributed by atoms with Crippen LogP contribution in [0.15, 0.2) is 18.2 Å². The van der Waals surface area contributed by atoms with Crippen LogP contribution in [0, 0.1) is 6.92 Å². The fourth-order valence-electron chi connectivity index (χ4n) is 1.31. The van der Waals surface area contributed by atoms with Crippen LogP contribution >= 0.6 is 0 Å². The number of hydrogen-bond acceptors (Lipinski definition) is 2. The van der Waals surface area contributed by atoms with Gasteiger partial charge in [0.2, 0.25) is 0 Å². The molecule has 0 unspecified atom stereocenters. The van der Waals surface area contributed by atoms with E-state index in [1.807, 2.05) is 12.1 Å². The topological polar surface area (TPSA) is 40.1 Å². The smallest absolute Gasteiger partial charge is 0.0718 e. The van der Waals surface area contributed by atoms with Crippen molar-refractivity contribution in [1.29, 1.82) is 0 Å². The van der Waals surface area contributed by atoms with Gasteiger partial charge in [-0.05, 0) is 29.5 Å². The van der Waals surface area contributed by atoms with Gasteiger partial charge < -0.3 is 9.90 Å². The molecule has 0 atom stereocenters. The second kappa shape index (κ2) is 3.45. The Morgan fingerprint density at radius 2 is 1.86 bits per heavy atom. The predicted octanol–water partition coefficient (Wildman–Crippen LogP) is 1.66. The molecule has 2 heteroatoms. The quantitative estimate of drug-likeness (QED) is 0.677. The molecule has 76 valence electrons. The lowest BCUT2D eigenvalue weighted by Crippen LogP contribution is -2.24. The molecule has 0 fully saturated rings. The number of aromatic carboxylic acids is 1. The van der Waals surface area contributed by atoms with Gasteiger partial charge in [0.1, 0.15) is 0 Å². The first-order valence-corrected chi connectivity index (χ1v) is 4.65. The van der Waals surface area contributed by atoms with Crippen molar-refractivity contribution in [1.82, 2.24) is 0 Å². The van der Waals surface area contributed by atoms with Crippen molar-refractivity contribution in [2.24, 2.45) is 0 Å². The maximum atomic E-state index is 10.8. The van der Waals surface area contributed by atoms with Gasteiger partial charge in [-0.15, -0.1) is 0 Å². The van der Waals surface area contributed by atoms with Gasteiger partial charge in [0.25, 0.3) is 0 Å². The molecular weight excluding hydrogens is 176 g/mol. The molecule has 0 saturated carbocycles. The molecule has 1 aromatic rings. The molecular formula is C12H15O2-. The van der Waals surface area contributed by atoms with Crippen LogP contribution in [-0.4, -0.2) is 5.97 Å². The summed E-state index contributed by atoms with van der Waals surface area (Å²) in [5.41, 5.74) is 2.02. The van der Waals surface area contributed by atoms with Crippen LogP contribution in [0.4, 0.5) is 0 Å². The number of carboxylic acids is 1. The molecule has 0 radical (unpaired) electrons. The van der Waals surface area contributed by atoms with E-state index >= 15 is 0 Å². The lowest BCUT2D eigenvalue weighted by atomic mass is 9.85. The maximum Gasteiger partial charge on any atom is 0.0718 e. The molecule has 2 nitrogen and oxygen atoms in total. The minimum atomic E-state index is -1.10. The highest BCUT2D eigenvalue weighted by molar-refractivity contribution is 5.87.